The van der Waals surface area contributed by atoms with Crippen molar-refractivity contribution in [3.63, 3.8) is 0 Å². The van der Waals surface area contributed by atoms with Crippen molar-refractivity contribution in [2.45, 2.75) is 12.8 Å². The van der Waals surface area contributed by atoms with E-state index in [2.05, 4.69) is 10.3 Å². The number of nitrogens with one attached hydrogen (secondary N) is 1. The number of hydrogen-bond acceptors (Lipinski definition) is 6. The fourth-order valence-corrected chi connectivity index (χ4v) is 3.47. The van der Waals surface area contributed by atoms with Crippen molar-refractivity contribution >= 4 is 52.0 Å². The van der Waals surface area contributed by atoms with Gasteiger partial charge in [0.2, 0.25) is 11.8 Å². The summed E-state index contributed by atoms with van der Waals surface area (Å²) in [5.41, 5.74) is 1.06. The van der Waals surface area contributed by atoms with Crippen molar-refractivity contribution in [1.29, 1.82) is 0 Å². The number of carbonyl (C=O) groups excluding carboxylic acids is 2. The van der Waals surface area contributed by atoms with E-state index < -0.39 is 0 Å². The molecule has 0 saturated carbocycles. The molecule has 0 unspecified atom stereocenters. The third kappa shape index (κ3) is 5.59. The summed E-state index contributed by atoms with van der Waals surface area (Å²) in [5, 5.41) is 14.7. The molecular formula is C14H18IN4O3S-. The van der Waals surface area contributed by atoms with Crippen LogP contribution in [0.2, 0.25) is 0 Å². The van der Waals surface area contributed by atoms with Gasteiger partial charge < -0.3 is 15.6 Å². The molecule has 126 valence electrons. The minimum atomic E-state index is -0.137. The Morgan fingerprint density at radius 2 is 2.35 bits per heavy atom. The number of hydrogen-bond donors (Lipinski definition) is 1. The lowest BCUT2D eigenvalue weighted by Gasteiger charge is -2.28. The fourth-order valence-electron chi connectivity index (χ4n) is 2.23. The van der Waals surface area contributed by atoms with Crippen molar-refractivity contribution in [3.8, 4) is 0 Å². The average Bonchev–Trinajstić information content (AvgIpc) is 2.56. The van der Waals surface area contributed by atoms with Crippen LogP contribution in [-0.2, 0) is 16.0 Å². The number of halogens is 1. The number of alkyl halides is 1. The van der Waals surface area contributed by atoms with Crippen LogP contribution in [0.1, 0.15) is 12.0 Å². The van der Waals surface area contributed by atoms with Crippen molar-refractivity contribution in [3.05, 3.63) is 29.1 Å². The van der Waals surface area contributed by atoms with E-state index in [9.17, 15) is 14.8 Å². The molecule has 1 aromatic rings. The summed E-state index contributed by atoms with van der Waals surface area (Å²) >= 11 is 3.25. The molecule has 0 fully saturated rings. The first-order valence-electron chi connectivity index (χ1n) is 7.18. The molecule has 1 N–H and O–H groups in total. The number of aromatic nitrogens is 1. The zero-order chi connectivity index (χ0) is 16.7. The lowest BCUT2D eigenvalue weighted by atomic mass is 10.1. The van der Waals surface area contributed by atoms with Crippen LogP contribution < -0.4 is 10.2 Å². The van der Waals surface area contributed by atoms with Crippen molar-refractivity contribution in [2.24, 2.45) is 0 Å². The van der Waals surface area contributed by atoms with Gasteiger partial charge in [-0.1, -0.05) is 28.7 Å². The number of amides is 2. The van der Waals surface area contributed by atoms with E-state index in [0.29, 0.717) is 36.3 Å². The van der Waals surface area contributed by atoms with Crippen LogP contribution in [0, 0.1) is 5.21 Å². The van der Waals surface area contributed by atoms with E-state index in [4.69, 9.17) is 0 Å². The normalized spacial score (nSPS) is 14.0. The molecule has 1 aromatic heterocycles. The maximum Gasteiger partial charge on any atom is 0.230 e. The second kappa shape index (κ2) is 9.40. The summed E-state index contributed by atoms with van der Waals surface area (Å²) in [6.07, 6.45) is 2.85. The molecule has 1 aliphatic heterocycles. The summed E-state index contributed by atoms with van der Waals surface area (Å²) < 4.78 is 0.385. The van der Waals surface area contributed by atoms with Crippen LogP contribution in [0.3, 0.4) is 0 Å². The Hall–Kier alpha value is -0.910. The van der Waals surface area contributed by atoms with Gasteiger partial charge in [0.05, 0.1) is 5.75 Å². The van der Waals surface area contributed by atoms with Crippen LogP contribution in [0.15, 0.2) is 18.3 Å². The summed E-state index contributed by atoms with van der Waals surface area (Å²) in [4.78, 5) is 29.7. The minimum absolute atomic E-state index is 0.0314. The second-order valence-electron chi connectivity index (χ2n) is 4.96. The van der Waals surface area contributed by atoms with Gasteiger partial charge in [-0.2, -0.15) is 0 Å². The van der Waals surface area contributed by atoms with Gasteiger partial charge in [0.25, 0.3) is 0 Å². The van der Waals surface area contributed by atoms with E-state index in [0.717, 1.165) is 10.6 Å². The monoisotopic (exact) mass is 449 g/mol. The van der Waals surface area contributed by atoms with E-state index in [1.165, 1.54) is 11.8 Å². The van der Waals surface area contributed by atoms with E-state index in [1.54, 1.807) is 11.1 Å². The first-order valence-corrected chi connectivity index (χ1v) is 9.86. The molecule has 0 saturated heterocycles. The van der Waals surface area contributed by atoms with Gasteiger partial charge in [0, 0.05) is 36.1 Å². The lowest BCUT2D eigenvalue weighted by Crippen LogP contribution is -2.42. The Bertz CT molecular complexity index is 561. The average molecular weight is 449 g/mol. The smallest absolute Gasteiger partial charge is 0.230 e. The van der Waals surface area contributed by atoms with Gasteiger partial charge in [-0.15, -0.1) is 11.8 Å². The molecule has 2 rings (SSSR count). The summed E-state index contributed by atoms with van der Waals surface area (Å²) in [7, 11) is 0. The number of anilines is 1. The van der Waals surface area contributed by atoms with Crippen molar-refractivity contribution in [2.75, 3.05) is 34.2 Å². The fraction of sp³-hybridized carbons (Fsp3) is 0.500. The molecule has 1 aliphatic rings. The van der Waals surface area contributed by atoms with Crippen molar-refractivity contribution in [1.82, 2.24) is 15.4 Å². The molecule has 23 heavy (non-hydrogen) atoms. The number of aryl methyl sites for hydroxylation is 1. The molecule has 0 aromatic carbocycles. The van der Waals surface area contributed by atoms with Gasteiger partial charge in [-0.05, 0) is 18.1 Å². The van der Waals surface area contributed by atoms with E-state index >= 15 is 0 Å². The van der Waals surface area contributed by atoms with Crippen LogP contribution in [0.4, 0.5) is 5.82 Å². The second-order valence-corrected chi connectivity index (χ2v) is 6.60. The van der Waals surface area contributed by atoms with Gasteiger partial charge in [0.1, 0.15) is 5.82 Å². The highest BCUT2D eigenvalue weighted by molar-refractivity contribution is 14.1. The molecule has 0 bridgehead atoms. The number of rotatable bonds is 8. The maximum atomic E-state index is 12.0. The summed E-state index contributed by atoms with van der Waals surface area (Å²) in [5.74, 6) is 1.10. The van der Waals surface area contributed by atoms with Gasteiger partial charge >= 0.3 is 0 Å². The van der Waals surface area contributed by atoms with Crippen LogP contribution in [-0.4, -0.2) is 51.1 Å². The molecule has 0 radical (unpaired) electrons. The zero-order valence-corrected chi connectivity index (χ0v) is 15.5. The SMILES string of the molecule is O=C(CSCN([O-])CI)NCCN1C(=O)CCc2cccnc21. The number of fused-ring (bicyclic) bond motifs is 1. The number of pyridine rings is 1. The highest BCUT2D eigenvalue weighted by atomic mass is 127. The predicted molar refractivity (Wildman–Crippen MR) is 99.3 cm³/mol. The Morgan fingerprint density at radius 1 is 1.52 bits per heavy atom. The number of carbonyl (C=O) groups is 2. The number of thioether (sulfide) groups is 1. The third-order valence-electron chi connectivity index (χ3n) is 3.29. The first-order chi connectivity index (χ1) is 11.1. The zero-order valence-electron chi connectivity index (χ0n) is 12.5. The van der Waals surface area contributed by atoms with Gasteiger partial charge in [-0.3, -0.25) is 14.5 Å². The summed E-state index contributed by atoms with van der Waals surface area (Å²) in [6, 6.07) is 3.83. The quantitative estimate of drug-likeness (QED) is 0.212. The number of nitrogens with zero attached hydrogens (tertiary/aromatic N) is 3. The highest BCUT2D eigenvalue weighted by Gasteiger charge is 2.24. The van der Waals surface area contributed by atoms with Crippen LogP contribution in [0.25, 0.3) is 0 Å². The van der Waals surface area contributed by atoms with Crippen LogP contribution in [0.5, 0.6) is 0 Å². The molecule has 0 spiro atoms. The van der Waals surface area contributed by atoms with Gasteiger partial charge in [0.15, 0.2) is 0 Å². The first kappa shape index (κ1) is 18.4. The molecular weight excluding hydrogens is 431 g/mol. The molecule has 0 atom stereocenters. The molecule has 2 heterocycles. The molecule has 2 amide bonds. The minimum Gasteiger partial charge on any atom is -0.784 e. The largest absolute Gasteiger partial charge is 0.784 e. The summed E-state index contributed by atoms with van der Waals surface area (Å²) in [6.45, 7) is 0.773. The standard InChI is InChI=1S/C14H18IN4O3S/c15-9-18(22)10-23-8-12(20)16-6-7-19-13(21)4-3-11-2-1-5-17-14(11)19/h1-2,5H,3-4,6-10H2,(H,16,20)/q-1. The molecule has 9 heteroatoms. The van der Waals surface area contributed by atoms with E-state index in [1.807, 2.05) is 34.7 Å². The Labute approximate surface area is 152 Å². The predicted octanol–water partition coefficient (Wildman–Crippen LogP) is 1.36. The lowest BCUT2D eigenvalue weighted by molar-refractivity contribution is -0.120. The van der Waals surface area contributed by atoms with E-state index in [-0.39, 0.29) is 23.4 Å². The number of hydroxylamine groups is 2. The third-order valence-corrected chi connectivity index (χ3v) is 4.99. The van der Waals surface area contributed by atoms with Crippen LogP contribution >= 0.6 is 34.4 Å². The molecule has 0 aliphatic carbocycles. The van der Waals surface area contributed by atoms with Gasteiger partial charge in [-0.25, -0.2) is 4.98 Å². The topological polar surface area (TPSA) is 88.6 Å². The Balaban J connectivity index is 1.76. The highest BCUT2D eigenvalue weighted by Crippen LogP contribution is 2.24. The molecule has 7 nitrogen and oxygen atoms in total. The Kier molecular flexibility index (Phi) is 7.53. The van der Waals surface area contributed by atoms with Crippen molar-refractivity contribution < 1.29 is 9.59 Å². The maximum absolute atomic E-state index is 12.0. The Morgan fingerprint density at radius 3 is 3.13 bits per heavy atom.